The number of rotatable bonds is 6. The van der Waals surface area contributed by atoms with Gasteiger partial charge in [-0.2, -0.15) is 5.10 Å². The molecular weight excluding hydrogens is 522 g/mol. The molecule has 35 heavy (non-hydrogen) atoms. The molecule has 0 N–H and O–H groups in total. The maximum absolute atomic E-state index is 13.3. The third-order valence-corrected chi connectivity index (χ3v) is 6.84. The zero-order valence-electron chi connectivity index (χ0n) is 18.5. The Hall–Kier alpha value is -3.68. The second-order valence-electron chi connectivity index (χ2n) is 7.75. The average Bonchev–Trinajstić information content (AvgIpc) is 3.51. The maximum atomic E-state index is 13.3. The number of carbonyl (C=O) groups is 1. The van der Waals surface area contributed by atoms with Gasteiger partial charge >= 0.3 is 0 Å². The number of benzene rings is 3. The predicted molar refractivity (Wildman–Crippen MR) is 146 cm³/mol. The van der Waals surface area contributed by atoms with E-state index >= 15 is 0 Å². The average molecular weight is 542 g/mol. The molecule has 1 aromatic heterocycles. The van der Waals surface area contributed by atoms with Crippen LogP contribution in [0.1, 0.15) is 16.9 Å². The number of amides is 1. The Balaban J connectivity index is 1.39. The molecule has 0 spiro atoms. The van der Waals surface area contributed by atoms with Crippen LogP contribution in [-0.2, 0) is 11.3 Å². The Labute approximate surface area is 216 Å². The first-order valence-electron chi connectivity index (χ1n) is 10.9. The van der Waals surface area contributed by atoms with Crippen LogP contribution in [0, 0.1) is 0 Å². The molecule has 2 heterocycles. The summed E-state index contributed by atoms with van der Waals surface area (Å²) in [6, 6.07) is 29.7. The molecule has 7 heteroatoms. The van der Waals surface area contributed by atoms with Crippen LogP contribution in [0.5, 0.6) is 0 Å². The van der Waals surface area contributed by atoms with Crippen LogP contribution in [-0.4, -0.2) is 22.2 Å². The van der Waals surface area contributed by atoms with Gasteiger partial charge in [-0.15, -0.1) is 5.10 Å². The minimum atomic E-state index is -0.129. The minimum absolute atomic E-state index is 0.129. The lowest BCUT2D eigenvalue weighted by Crippen LogP contribution is -2.28. The van der Waals surface area contributed by atoms with Gasteiger partial charge in [0, 0.05) is 4.47 Å². The van der Waals surface area contributed by atoms with Gasteiger partial charge in [0.25, 0.3) is 5.91 Å². The molecule has 1 aliphatic heterocycles. The Bertz CT molecular complexity index is 1400. The summed E-state index contributed by atoms with van der Waals surface area (Å²) in [5.74, 6) is 0.549. The van der Waals surface area contributed by atoms with E-state index in [1.54, 1.807) is 23.4 Å². The molecule has 1 amide bonds. The molecule has 5 rings (SSSR count). The molecule has 1 saturated heterocycles. The van der Waals surface area contributed by atoms with Crippen molar-refractivity contribution in [2.75, 3.05) is 0 Å². The molecule has 0 saturated carbocycles. The van der Waals surface area contributed by atoms with Crippen LogP contribution in [0.4, 0.5) is 0 Å². The van der Waals surface area contributed by atoms with Gasteiger partial charge in [-0.05, 0) is 64.4 Å². The molecular formula is C28H20BrN3O2S. The molecule has 0 aliphatic carbocycles. The Morgan fingerprint density at radius 2 is 1.57 bits per heavy atom. The summed E-state index contributed by atoms with van der Waals surface area (Å²) < 4.78 is 6.46. The summed E-state index contributed by atoms with van der Waals surface area (Å²) in [6.07, 6.45) is 5.15. The molecule has 0 atom stereocenters. The second-order valence-corrected chi connectivity index (χ2v) is 9.67. The second kappa shape index (κ2) is 10.7. The summed E-state index contributed by atoms with van der Waals surface area (Å²) in [5, 5.41) is 9.09. The van der Waals surface area contributed by atoms with E-state index < -0.39 is 0 Å². The normalized spacial score (nSPS) is 16.1. The monoisotopic (exact) mass is 541 g/mol. The van der Waals surface area contributed by atoms with E-state index in [0.717, 1.165) is 26.7 Å². The predicted octanol–water partition coefficient (Wildman–Crippen LogP) is 7.22. The summed E-state index contributed by atoms with van der Waals surface area (Å²) in [4.78, 5) is 15.4. The van der Waals surface area contributed by atoms with Gasteiger partial charge in [0.15, 0.2) is 5.17 Å². The highest BCUT2D eigenvalue weighted by Crippen LogP contribution is 2.34. The number of halogens is 1. The van der Waals surface area contributed by atoms with E-state index in [1.165, 1.54) is 11.8 Å². The van der Waals surface area contributed by atoms with Crippen LogP contribution < -0.4 is 0 Å². The lowest BCUT2D eigenvalue weighted by molar-refractivity contribution is -0.122. The van der Waals surface area contributed by atoms with Crippen LogP contribution >= 0.6 is 27.7 Å². The fourth-order valence-electron chi connectivity index (χ4n) is 3.53. The highest BCUT2D eigenvalue weighted by Gasteiger charge is 2.34. The largest absolute Gasteiger partial charge is 0.467 e. The fourth-order valence-corrected chi connectivity index (χ4v) is 4.73. The van der Waals surface area contributed by atoms with Gasteiger partial charge in [0.2, 0.25) is 0 Å². The van der Waals surface area contributed by atoms with Gasteiger partial charge in [0.1, 0.15) is 5.76 Å². The van der Waals surface area contributed by atoms with Gasteiger partial charge in [-0.25, -0.2) is 0 Å². The molecule has 1 aliphatic rings. The van der Waals surface area contributed by atoms with E-state index in [0.29, 0.717) is 15.8 Å². The number of hydrogen-bond acceptors (Lipinski definition) is 5. The first kappa shape index (κ1) is 23.1. The van der Waals surface area contributed by atoms with E-state index in [4.69, 9.17) is 4.42 Å². The SMILES string of the molecule is O=C1/C(=C/c2ccc(-c3ccccc3)cc2)S/C(=N\N=C\c2ccc(Br)cc2)N1Cc1ccco1. The molecule has 5 nitrogen and oxygen atoms in total. The van der Waals surface area contributed by atoms with Crippen LogP contribution in [0.25, 0.3) is 17.2 Å². The zero-order chi connectivity index (χ0) is 24.0. The minimum Gasteiger partial charge on any atom is -0.467 e. The van der Waals surface area contributed by atoms with Crippen molar-refractivity contribution < 1.29 is 9.21 Å². The summed E-state index contributed by atoms with van der Waals surface area (Å²) in [5.41, 5.74) is 4.14. The maximum Gasteiger partial charge on any atom is 0.267 e. The number of amidine groups is 1. The number of hydrogen-bond donors (Lipinski definition) is 0. The summed E-state index contributed by atoms with van der Waals surface area (Å²) >= 11 is 4.73. The van der Waals surface area contributed by atoms with Crippen LogP contribution in [0.15, 0.2) is 121 Å². The third kappa shape index (κ3) is 5.70. The topological polar surface area (TPSA) is 58.2 Å². The number of carbonyl (C=O) groups excluding carboxylic acids is 1. The van der Waals surface area contributed by atoms with Crippen molar-refractivity contribution in [3.8, 4) is 11.1 Å². The Kier molecular flexibility index (Phi) is 7.07. The quantitative estimate of drug-likeness (QED) is 0.147. The van der Waals surface area contributed by atoms with Gasteiger partial charge < -0.3 is 4.42 Å². The van der Waals surface area contributed by atoms with Gasteiger partial charge in [0.05, 0.1) is 23.9 Å². The fraction of sp³-hybridized carbons (Fsp3) is 0.0357. The van der Waals surface area contributed by atoms with E-state index in [-0.39, 0.29) is 12.5 Å². The molecule has 0 bridgehead atoms. The smallest absolute Gasteiger partial charge is 0.267 e. The third-order valence-electron chi connectivity index (χ3n) is 5.32. The molecule has 1 fully saturated rings. The number of thioether (sulfide) groups is 1. The van der Waals surface area contributed by atoms with Crippen molar-refractivity contribution >= 4 is 51.1 Å². The van der Waals surface area contributed by atoms with E-state index in [9.17, 15) is 4.79 Å². The first-order chi connectivity index (χ1) is 17.2. The molecule has 4 aromatic rings. The molecule has 172 valence electrons. The zero-order valence-corrected chi connectivity index (χ0v) is 20.9. The summed E-state index contributed by atoms with van der Waals surface area (Å²) in [6.45, 7) is 0.287. The highest BCUT2D eigenvalue weighted by molar-refractivity contribution is 9.10. The molecule has 0 unspecified atom stereocenters. The van der Waals surface area contributed by atoms with Crippen molar-refractivity contribution in [2.24, 2.45) is 10.2 Å². The van der Waals surface area contributed by atoms with Gasteiger partial charge in [-0.1, -0.05) is 82.7 Å². The highest BCUT2D eigenvalue weighted by atomic mass is 79.9. The van der Waals surface area contributed by atoms with Crippen molar-refractivity contribution in [1.29, 1.82) is 0 Å². The molecule has 3 aromatic carbocycles. The Morgan fingerprint density at radius 1 is 0.857 bits per heavy atom. The van der Waals surface area contributed by atoms with E-state index in [1.807, 2.05) is 66.7 Å². The Morgan fingerprint density at radius 3 is 2.29 bits per heavy atom. The van der Waals surface area contributed by atoms with Crippen molar-refractivity contribution in [3.05, 3.63) is 124 Å². The van der Waals surface area contributed by atoms with E-state index in [2.05, 4.69) is 50.4 Å². The van der Waals surface area contributed by atoms with Crippen molar-refractivity contribution in [2.45, 2.75) is 6.54 Å². The summed E-state index contributed by atoms with van der Waals surface area (Å²) in [7, 11) is 0. The lowest BCUT2D eigenvalue weighted by Gasteiger charge is -2.12. The van der Waals surface area contributed by atoms with Crippen LogP contribution in [0.3, 0.4) is 0 Å². The number of furan rings is 1. The lowest BCUT2D eigenvalue weighted by atomic mass is 10.0. The molecule has 0 radical (unpaired) electrons. The van der Waals surface area contributed by atoms with Crippen molar-refractivity contribution in [3.63, 3.8) is 0 Å². The van der Waals surface area contributed by atoms with Crippen molar-refractivity contribution in [1.82, 2.24) is 4.90 Å². The standard InChI is InChI=1S/C28H20BrN3O2S/c29-24-14-10-21(11-15-24)18-30-31-28-32(19-25-7-4-16-34-25)27(33)26(35-28)17-20-8-12-23(13-9-20)22-5-2-1-3-6-22/h1-18H,19H2/b26-17-,30-18+,31-28-. The first-order valence-corrected chi connectivity index (χ1v) is 12.5. The van der Waals surface area contributed by atoms with Crippen LogP contribution in [0.2, 0.25) is 0 Å². The van der Waals surface area contributed by atoms with Gasteiger partial charge in [-0.3, -0.25) is 9.69 Å². The number of nitrogens with zero attached hydrogens (tertiary/aromatic N) is 3.